The number of fused-ring (bicyclic) bond motifs is 1. The Balaban J connectivity index is 1.37. The summed E-state index contributed by atoms with van der Waals surface area (Å²) in [6.45, 7) is 3.15. The van der Waals surface area contributed by atoms with Gasteiger partial charge in [-0.05, 0) is 41.3 Å². The van der Waals surface area contributed by atoms with E-state index in [4.69, 9.17) is 0 Å². The van der Waals surface area contributed by atoms with Gasteiger partial charge in [0.15, 0.2) is 5.82 Å². The average Bonchev–Trinajstić information content (AvgIpc) is 3.32. The molecule has 1 saturated heterocycles. The predicted molar refractivity (Wildman–Crippen MR) is 132 cm³/mol. The maximum Gasteiger partial charge on any atom is 0.242 e. The first-order valence-electron chi connectivity index (χ1n) is 10.9. The van der Waals surface area contributed by atoms with Gasteiger partial charge in [0.2, 0.25) is 5.91 Å². The molecule has 1 fully saturated rings. The van der Waals surface area contributed by atoms with Crippen LogP contribution in [0.15, 0.2) is 54.2 Å². The number of carbonyl (C=O) groups excluding carboxylic acids is 1. The number of pyridine rings is 1. The van der Waals surface area contributed by atoms with Crippen molar-refractivity contribution in [1.29, 1.82) is 0 Å². The summed E-state index contributed by atoms with van der Waals surface area (Å²) in [5, 5.41) is 22.2. The number of anilines is 2. The Morgan fingerprint density at radius 2 is 2.09 bits per heavy atom. The van der Waals surface area contributed by atoms with Gasteiger partial charge in [-0.3, -0.25) is 9.69 Å². The number of carbonyl (C=O) groups is 1. The van der Waals surface area contributed by atoms with Crippen molar-refractivity contribution in [3.63, 3.8) is 0 Å². The molecule has 0 radical (unpaired) electrons. The van der Waals surface area contributed by atoms with E-state index in [0.29, 0.717) is 31.3 Å². The van der Waals surface area contributed by atoms with E-state index in [0.717, 1.165) is 23.9 Å². The first kappa shape index (κ1) is 21.4. The number of thiophene rings is 1. The topological polar surface area (TPSA) is 95.1 Å². The molecule has 4 aromatic rings. The van der Waals surface area contributed by atoms with Gasteiger partial charge >= 0.3 is 0 Å². The van der Waals surface area contributed by atoms with Crippen molar-refractivity contribution in [1.82, 2.24) is 25.8 Å². The van der Waals surface area contributed by atoms with Crippen LogP contribution in [0.5, 0.6) is 0 Å². The lowest BCUT2D eigenvalue weighted by Gasteiger charge is -2.26. The number of aromatic nitrogens is 3. The molecule has 9 heteroatoms. The maximum absolute atomic E-state index is 12.3. The Morgan fingerprint density at radius 3 is 2.97 bits per heavy atom. The molecule has 0 spiro atoms. The lowest BCUT2D eigenvalue weighted by atomic mass is 10.0. The van der Waals surface area contributed by atoms with Gasteiger partial charge in [0.1, 0.15) is 5.82 Å². The minimum absolute atomic E-state index is 0.0225. The summed E-state index contributed by atoms with van der Waals surface area (Å²) < 4.78 is 0. The van der Waals surface area contributed by atoms with E-state index in [1.807, 2.05) is 13.1 Å². The third-order valence-corrected chi connectivity index (χ3v) is 6.61. The molecule has 1 aliphatic heterocycles. The Hall–Kier alpha value is -3.40. The van der Waals surface area contributed by atoms with Crippen molar-refractivity contribution in [2.75, 3.05) is 36.9 Å². The maximum atomic E-state index is 12.3. The summed E-state index contributed by atoms with van der Waals surface area (Å²) in [4.78, 5) is 19.7. The van der Waals surface area contributed by atoms with Gasteiger partial charge in [0.05, 0.1) is 19.3 Å². The van der Waals surface area contributed by atoms with E-state index in [9.17, 15) is 4.79 Å². The highest BCUT2D eigenvalue weighted by Crippen LogP contribution is 2.30. The van der Waals surface area contributed by atoms with Crippen LogP contribution in [-0.2, 0) is 17.9 Å². The molecule has 0 saturated carbocycles. The van der Waals surface area contributed by atoms with Crippen molar-refractivity contribution in [3.8, 4) is 11.1 Å². The average molecular weight is 460 g/mol. The van der Waals surface area contributed by atoms with Gasteiger partial charge in [-0.1, -0.05) is 24.3 Å². The van der Waals surface area contributed by atoms with E-state index < -0.39 is 0 Å². The van der Waals surface area contributed by atoms with Gasteiger partial charge < -0.3 is 16.0 Å². The highest BCUT2D eigenvalue weighted by Gasteiger charge is 2.21. The predicted octanol–water partition coefficient (Wildman–Crippen LogP) is 3.02. The van der Waals surface area contributed by atoms with E-state index >= 15 is 0 Å². The highest BCUT2D eigenvalue weighted by atomic mass is 32.1. The van der Waals surface area contributed by atoms with Crippen molar-refractivity contribution in [3.05, 3.63) is 64.6 Å². The van der Waals surface area contributed by atoms with Gasteiger partial charge in [-0.25, -0.2) is 4.98 Å². The van der Waals surface area contributed by atoms with Crippen LogP contribution in [0.3, 0.4) is 0 Å². The van der Waals surface area contributed by atoms with Crippen LogP contribution in [0.4, 0.5) is 11.6 Å². The van der Waals surface area contributed by atoms with Gasteiger partial charge in [-0.2, -0.15) is 5.10 Å². The molecule has 1 amide bonds. The molecule has 5 rings (SSSR count). The smallest absolute Gasteiger partial charge is 0.242 e. The van der Waals surface area contributed by atoms with E-state index in [1.54, 1.807) is 28.6 Å². The first-order chi connectivity index (χ1) is 16.2. The number of amides is 1. The molecule has 168 valence electrons. The zero-order valence-electron chi connectivity index (χ0n) is 18.3. The first-order valence-corrected chi connectivity index (χ1v) is 11.8. The molecular formula is C24H25N7OS. The van der Waals surface area contributed by atoms with Crippen molar-refractivity contribution < 1.29 is 4.79 Å². The number of benzene rings is 1. The standard InChI is InChI=1S/C24H25N7OS/c1-25-10-16-4-2-3-5-20(16)17-8-19(33-15-17)13-28-24-21-9-22(27-11-18(21)12-29-30-24)31-7-6-26-14-23(31)32/h2-5,8-9,11-12,15,25-26H,6-7,10,13-14H2,1H3,(H,28,30). The lowest BCUT2D eigenvalue weighted by Crippen LogP contribution is -2.48. The molecule has 0 unspecified atom stereocenters. The Morgan fingerprint density at radius 1 is 1.18 bits per heavy atom. The third kappa shape index (κ3) is 4.56. The lowest BCUT2D eigenvalue weighted by molar-refractivity contribution is -0.118. The Labute approximate surface area is 196 Å². The summed E-state index contributed by atoms with van der Waals surface area (Å²) in [6, 6.07) is 12.6. The molecule has 0 atom stereocenters. The zero-order valence-corrected chi connectivity index (χ0v) is 19.2. The van der Waals surface area contributed by atoms with Crippen LogP contribution < -0.4 is 20.9 Å². The number of nitrogens with one attached hydrogen (secondary N) is 3. The third-order valence-electron chi connectivity index (χ3n) is 5.68. The number of rotatable bonds is 7. The Kier molecular flexibility index (Phi) is 6.25. The molecule has 3 N–H and O–H groups in total. The molecular weight excluding hydrogens is 434 g/mol. The molecule has 0 bridgehead atoms. The molecule has 8 nitrogen and oxygen atoms in total. The fraction of sp³-hybridized carbons (Fsp3) is 0.250. The van der Waals surface area contributed by atoms with Crippen LogP contribution >= 0.6 is 11.3 Å². The van der Waals surface area contributed by atoms with Crippen molar-refractivity contribution >= 4 is 39.7 Å². The minimum atomic E-state index is 0.0225. The van der Waals surface area contributed by atoms with Gasteiger partial charge in [0, 0.05) is 41.5 Å². The highest BCUT2D eigenvalue weighted by molar-refractivity contribution is 7.10. The van der Waals surface area contributed by atoms with Crippen LogP contribution in [0.2, 0.25) is 0 Å². The summed E-state index contributed by atoms with van der Waals surface area (Å²) >= 11 is 1.72. The summed E-state index contributed by atoms with van der Waals surface area (Å²) in [7, 11) is 1.96. The molecule has 4 heterocycles. The van der Waals surface area contributed by atoms with Crippen molar-refractivity contribution in [2.45, 2.75) is 13.1 Å². The second-order valence-corrected chi connectivity index (χ2v) is 8.88. The van der Waals surface area contributed by atoms with Gasteiger partial charge in [0.25, 0.3) is 0 Å². The van der Waals surface area contributed by atoms with Crippen LogP contribution in [0, 0.1) is 0 Å². The SMILES string of the molecule is CNCc1ccccc1-c1csc(CNc2nncc3cnc(N4CCNCC4=O)cc23)c1. The molecule has 3 aromatic heterocycles. The normalized spacial score (nSPS) is 14.1. The molecule has 1 aromatic carbocycles. The van der Waals surface area contributed by atoms with E-state index in [-0.39, 0.29) is 5.91 Å². The van der Waals surface area contributed by atoms with Crippen LogP contribution in [-0.4, -0.2) is 47.8 Å². The summed E-state index contributed by atoms with van der Waals surface area (Å²) in [5.74, 6) is 1.35. The second kappa shape index (κ2) is 9.62. The molecule has 0 aliphatic carbocycles. The number of hydrogen-bond donors (Lipinski definition) is 3. The minimum Gasteiger partial charge on any atom is -0.363 e. The number of nitrogens with zero attached hydrogens (tertiary/aromatic N) is 4. The quantitative estimate of drug-likeness (QED) is 0.391. The number of hydrogen-bond acceptors (Lipinski definition) is 8. The molecule has 1 aliphatic rings. The second-order valence-electron chi connectivity index (χ2n) is 7.89. The van der Waals surface area contributed by atoms with Crippen LogP contribution in [0.1, 0.15) is 10.4 Å². The molecule has 33 heavy (non-hydrogen) atoms. The van der Waals surface area contributed by atoms with Gasteiger partial charge in [-0.15, -0.1) is 16.4 Å². The largest absolute Gasteiger partial charge is 0.363 e. The van der Waals surface area contributed by atoms with Crippen LogP contribution in [0.25, 0.3) is 21.9 Å². The summed E-state index contributed by atoms with van der Waals surface area (Å²) in [5.41, 5.74) is 3.74. The van der Waals surface area contributed by atoms with E-state index in [2.05, 4.69) is 66.8 Å². The number of piperazine rings is 1. The fourth-order valence-electron chi connectivity index (χ4n) is 4.02. The fourth-order valence-corrected chi connectivity index (χ4v) is 4.85. The summed E-state index contributed by atoms with van der Waals surface area (Å²) in [6.07, 6.45) is 3.45. The monoisotopic (exact) mass is 459 g/mol. The Bertz CT molecular complexity index is 1290. The van der Waals surface area contributed by atoms with Crippen molar-refractivity contribution in [2.24, 2.45) is 0 Å². The zero-order chi connectivity index (χ0) is 22.6. The van der Waals surface area contributed by atoms with E-state index in [1.165, 1.54) is 21.6 Å².